The largest absolute Gasteiger partial charge is 0.493 e. The van der Waals surface area contributed by atoms with E-state index in [1.54, 1.807) is 12.7 Å². The van der Waals surface area contributed by atoms with Crippen molar-refractivity contribution in [2.75, 3.05) is 39.9 Å². The Bertz CT molecular complexity index is 989. The van der Waals surface area contributed by atoms with Crippen molar-refractivity contribution >= 4 is 0 Å². The van der Waals surface area contributed by atoms with Crippen LogP contribution in [0.5, 0.6) is 11.5 Å². The Balaban J connectivity index is 1.27. The van der Waals surface area contributed by atoms with Crippen LogP contribution >= 0.6 is 0 Å². The van der Waals surface area contributed by atoms with Gasteiger partial charge in [-0.3, -0.25) is 4.90 Å². The van der Waals surface area contributed by atoms with E-state index in [-0.39, 0.29) is 5.41 Å². The van der Waals surface area contributed by atoms with E-state index in [4.69, 9.17) is 9.47 Å². The van der Waals surface area contributed by atoms with E-state index in [0.717, 1.165) is 49.6 Å². The third-order valence-corrected chi connectivity index (χ3v) is 9.82. The first-order valence-electron chi connectivity index (χ1n) is 14.1. The van der Waals surface area contributed by atoms with Crippen molar-refractivity contribution in [2.24, 2.45) is 11.8 Å². The molecule has 1 aliphatic carbocycles. The monoisotopic (exact) mass is 474 g/mol. The summed E-state index contributed by atoms with van der Waals surface area (Å²) in [5.41, 5.74) is 3.07. The van der Waals surface area contributed by atoms with Crippen molar-refractivity contribution < 1.29 is 9.47 Å². The lowest BCUT2D eigenvalue weighted by Crippen LogP contribution is -2.52. The molecule has 0 bridgehead atoms. The Hall–Kier alpha value is -2.04. The Morgan fingerprint density at radius 3 is 2.71 bits per heavy atom. The molecule has 4 atom stereocenters. The third-order valence-electron chi connectivity index (χ3n) is 9.82. The lowest BCUT2D eigenvalue weighted by Gasteiger charge is -2.48. The number of piperidine rings is 1. The number of nitrogens with one attached hydrogen (secondary N) is 1. The molecule has 2 aromatic carbocycles. The number of rotatable bonds is 5. The molecule has 188 valence electrons. The Labute approximate surface area is 211 Å². The number of methoxy groups -OCH3 is 1. The van der Waals surface area contributed by atoms with Gasteiger partial charge in [-0.15, -0.1) is 0 Å². The molecular formula is C31H42N2O2. The average molecular weight is 475 g/mol. The molecule has 1 spiro atoms. The summed E-state index contributed by atoms with van der Waals surface area (Å²) >= 11 is 0. The van der Waals surface area contributed by atoms with E-state index >= 15 is 0 Å². The van der Waals surface area contributed by atoms with Crippen LogP contribution in [-0.2, 0) is 5.41 Å². The van der Waals surface area contributed by atoms with Gasteiger partial charge in [-0.05, 0) is 68.0 Å². The Morgan fingerprint density at radius 2 is 1.89 bits per heavy atom. The lowest BCUT2D eigenvalue weighted by molar-refractivity contribution is 0.0457. The van der Waals surface area contributed by atoms with Crippen molar-refractivity contribution in [2.45, 2.75) is 68.7 Å². The van der Waals surface area contributed by atoms with Crippen LogP contribution in [0, 0.1) is 11.8 Å². The summed E-state index contributed by atoms with van der Waals surface area (Å²) in [7, 11) is 1.76. The van der Waals surface area contributed by atoms with Crippen LogP contribution in [0.4, 0.5) is 0 Å². The summed E-state index contributed by atoms with van der Waals surface area (Å²) in [6, 6.07) is 18.5. The smallest absolute Gasteiger partial charge is 0.164 e. The number of hydrogen-bond acceptors (Lipinski definition) is 4. The van der Waals surface area contributed by atoms with Gasteiger partial charge in [0.25, 0.3) is 0 Å². The number of nitrogens with zero attached hydrogens (tertiary/aromatic N) is 1. The van der Waals surface area contributed by atoms with Gasteiger partial charge in [-0.25, -0.2) is 0 Å². The Morgan fingerprint density at radius 1 is 1.03 bits per heavy atom. The van der Waals surface area contributed by atoms with E-state index in [1.807, 2.05) is 6.07 Å². The summed E-state index contributed by atoms with van der Waals surface area (Å²) < 4.78 is 11.9. The van der Waals surface area contributed by atoms with Gasteiger partial charge in [-0.1, -0.05) is 61.7 Å². The van der Waals surface area contributed by atoms with Gasteiger partial charge in [0.2, 0.25) is 0 Å². The fourth-order valence-electron chi connectivity index (χ4n) is 7.94. The summed E-state index contributed by atoms with van der Waals surface area (Å²) in [6.07, 6.45) is 10.8. The maximum atomic E-state index is 6.18. The minimum Gasteiger partial charge on any atom is -0.493 e. The number of para-hydroxylation sites is 1. The summed E-state index contributed by atoms with van der Waals surface area (Å²) in [6.45, 7) is 5.37. The quantitative estimate of drug-likeness (QED) is 0.597. The van der Waals surface area contributed by atoms with Gasteiger partial charge in [-0.2, -0.15) is 0 Å². The zero-order valence-corrected chi connectivity index (χ0v) is 21.4. The van der Waals surface area contributed by atoms with Crippen LogP contribution in [0.3, 0.4) is 0 Å². The van der Waals surface area contributed by atoms with E-state index in [9.17, 15) is 0 Å². The number of hydrogen-bond donors (Lipinski definition) is 1. The molecule has 6 rings (SSSR count). The van der Waals surface area contributed by atoms with Crippen molar-refractivity contribution in [1.29, 1.82) is 0 Å². The van der Waals surface area contributed by atoms with Crippen molar-refractivity contribution in [3.8, 4) is 11.5 Å². The second kappa shape index (κ2) is 10.1. The first kappa shape index (κ1) is 23.4. The van der Waals surface area contributed by atoms with Crippen molar-refractivity contribution in [3.05, 3.63) is 59.7 Å². The molecule has 0 aromatic heterocycles. The van der Waals surface area contributed by atoms with E-state index in [1.165, 1.54) is 63.6 Å². The molecule has 4 heteroatoms. The molecule has 35 heavy (non-hydrogen) atoms. The van der Waals surface area contributed by atoms with Gasteiger partial charge in [0.15, 0.2) is 11.5 Å². The number of benzene rings is 2. The maximum Gasteiger partial charge on any atom is 0.164 e. The lowest BCUT2D eigenvalue weighted by atomic mass is 9.68. The van der Waals surface area contributed by atoms with Gasteiger partial charge in [0.05, 0.1) is 13.7 Å². The molecule has 1 saturated carbocycles. The van der Waals surface area contributed by atoms with E-state index < -0.39 is 0 Å². The molecule has 0 amide bonds. The molecule has 3 heterocycles. The second-order valence-corrected chi connectivity index (χ2v) is 11.5. The molecular weight excluding hydrogens is 432 g/mol. The van der Waals surface area contributed by atoms with Gasteiger partial charge >= 0.3 is 0 Å². The van der Waals surface area contributed by atoms with Crippen LogP contribution in [0.15, 0.2) is 48.5 Å². The number of likely N-dealkylation sites (tertiary alicyclic amines) is 1. The van der Waals surface area contributed by atoms with Crippen molar-refractivity contribution in [1.82, 2.24) is 10.2 Å². The molecule has 4 nitrogen and oxygen atoms in total. The normalized spacial score (nSPS) is 31.7. The third kappa shape index (κ3) is 4.38. The van der Waals surface area contributed by atoms with Crippen LogP contribution in [0.2, 0.25) is 0 Å². The molecule has 2 saturated heterocycles. The summed E-state index contributed by atoms with van der Waals surface area (Å²) in [5, 5.41) is 3.81. The van der Waals surface area contributed by atoms with E-state index in [0.29, 0.717) is 11.8 Å². The zero-order chi connectivity index (χ0) is 23.7. The van der Waals surface area contributed by atoms with Crippen LogP contribution in [-0.4, -0.2) is 50.8 Å². The zero-order valence-electron chi connectivity index (χ0n) is 21.4. The summed E-state index contributed by atoms with van der Waals surface area (Å²) in [5.74, 6) is 4.06. The molecule has 3 aliphatic heterocycles. The van der Waals surface area contributed by atoms with Crippen LogP contribution in [0.25, 0.3) is 0 Å². The maximum absolute atomic E-state index is 6.18. The highest BCUT2D eigenvalue weighted by Gasteiger charge is 2.49. The van der Waals surface area contributed by atoms with E-state index in [2.05, 4.69) is 52.7 Å². The van der Waals surface area contributed by atoms with Gasteiger partial charge < -0.3 is 14.8 Å². The predicted octanol–water partition coefficient (Wildman–Crippen LogP) is 5.76. The SMILES string of the molecule is COc1cccc2c1OCC[C@]21CNC[C@H]1CN1CC[C@@H](c2ccccc2)C[C@H]1C1CCCCC1. The topological polar surface area (TPSA) is 33.7 Å². The fourth-order valence-corrected chi connectivity index (χ4v) is 7.94. The fraction of sp³-hybridized carbons (Fsp3) is 0.613. The van der Waals surface area contributed by atoms with Crippen molar-refractivity contribution in [3.63, 3.8) is 0 Å². The molecule has 1 N–H and O–H groups in total. The predicted molar refractivity (Wildman–Crippen MR) is 141 cm³/mol. The van der Waals surface area contributed by atoms with Crippen LogP contribution < -0.4 is 14.8 Å². The molecule has 0 unspecified atom stereocenters. The standard InChI is InChI=1S/C31H42N2O2/c1-34-29-14-8-13-27-30(29)35-18-16-31(27)22-32-20-26(31)21-33-17-15-25(23-9-4-2-5-10-23)19-28(33)24-11-6-3-7-12-24/h2,4-5,8-10,13-14,24-26,28,32H,3,6-7,11-12,15-22H2,1H3/t25-,26+,28+,31-/m1/s1. The number of fused-ring (bicyclic) bond motifs is 2. The first-order chi connectivity index (χ1) is 17.3. The minimum absolute atomic E-state index is 0.148. The Kier molecular flexibility index (Phi) is 6.77. The highest BCUT2D eigenvalue weighted by Crippen LogP contribution is 2.50. The van der Waals surface area contributed by atoms with Gasteiger partial charge in [0.1, 0.15) is 0 Å². The summed E-state index contributed by atoms with van der Waals surface area (Å²) in [4.78, 5) is 2.93. The minimum atomic E-state index is 0.148. The van der Waals surface area contributed by atoms with Gasteiger partial charge in [0, 0.05) is 36.7 Å². The molecule has 0 radical (unpaired) electrons. The molecule has 4 aliphatic rings. The highest BCUT2D eigenvalue weighted by molar-refractivity contribution is 5.52. The second-order valence-electron chi connectivity index (χ2n) is 11.5. The average Bonchev–Trinajstić information content (AvgIpc) is 3.32. The van der Waals surface area contributed by atoms with Crippen LogP contribution in [0.1, 0.15) is 68.4 Å². The number of ether oxygens (including phenoxy) is 2. The molecule has 3 fully saturated rings. The highest BCUT2D eigenvalue weighted by atomic mass is 16.5. The first-order valence-corrected chi connectivity index (χ1v) is 14.1. The molecule has 2 aromatic rings.